The fourth-order valence-electron chi connectivity index (χ4n) is 2.41. The molecular weight excluding hydrogens is 316 g/mol. The van der Waals surface area contributed by atoms with Gasteiger partial charge in [0.05, 0.1) is 23.5 Å². The highest BCUT2D eigenvalue weighted by molar-refractivity contribution is 6.23. The van der Waals surface area contributed by atoms with Gasteiger partial charge in [-0.1, -0.05) is 0 Å². The minimum atomic E-state index is -1.14. The predicted molar refractivity (Wildman–Crippen MR) is 77.4 cm³/mol. The summed E-state index contributed by atoms with van der Waals surface area (Å²) < 4.78 is 33.4. The van der Waals surface area contributed by atoms with Crippen molar-refractivity contribution in [2.75, 3.05) is 6.61 Å². The van der Waals surface area contributed by atoms with E-state index in [9.17, 15) is 18.4 Å². The highest BCUT2D eigenvalue weighted by Crippen LogP contribution is 2.42. The first-order valence-electron chi connectivity index (χ1n) is 6.79. The molecule has 1 saturated carbocycles. The number of fused-ring (bicyclic) bond motifs is 1. The minimum Gasteiger partial charge on any atom is -0.462 e. The molecule has 0 saturated heterocycles. The first kappa shape index (κ1) is 15.0. The van der Waals surface area contributed by atoms with Crippen molar-refractivity contribution in [3.8, 4) is 0 Å². The average Bonchev–Trinajstić information content (AvgIpc) is 3.18. The molecule has 4 nitrogen and oxygen atoms in total. The van der Waals surface area contributed by atoms with Gasteiger partial charge in [0.25, 0.3) is 0 Å². The Morgan fingerprint density at radius 2 is 2.05 bits per heavy atom. The van der Waals surface area contributed by atoms with E-state index < -0.39 is 23.0 Å². The van der Waals surface area contributed by atoms with Gasteiger partial charge in [-0.25, -0.2) is 13.6 Å². The molecule has 2 aromatic rings. The monoisotopic (exact) mass is 327 g/mol. The number of alkyl halides is 1. The third-order valence-electron chi connectivity index (χ3n) is 3.61. The number of benzene rings is 1. The van der Waals surface area contributed by atoms with E-state index in [-0.39, 0.29) is 34.5 Å². The molecule has 3 rings (SSSR count). The molecule has 1 aliphatic carbocycles. The fraction of sp³-hybridized carbons (Fsp3) is 0.333. The van der Waals surface area contributed by atoms with E-state index in [0.29, 0.717) is 6.42 Å². The summed E-state index contributed by atoms with van der Waals surface area (Å²) in [5.41, 5.74) is -0.684. The van der Waals surface area contributed by atoms with E-state index >= 15 is 0 Å². The Morgan fingerprint density at radius 3 is 2.64 bits per heavy atom. The predicted octanol–water partition coefficient (Wildman–Crippen LogP) is 3.01. The molecule has 0 bridgehead atoms. The summed E-state index contributed by atoms with van der Waals surface area (Å²) in [5, 5.41) is -0.242. The lowest BCUT2D eigenvalue weighted by atomic mass is 10.1. The van der Waals surface area contributed by atoms with Gasteiger partial charge < -0.3 is 9.30 Å². The Hall–Kier alpha value is -1.95. The van der Waals surface area contributed by atoms with E-state index in [2.05, 4.69) is 0 Å². The lowest BCUT2D eigenvalue weighted by Crippen LogP contribution is -2.21. The third-order valence-corrected chi connectivity index (χ3v) is 4.08. The van der Waals surface area contributed by atoms with E-state index in [4.69, 9.17) is 16.3 Å². The molecule has 22 heavy (non-hydrogen) atoms. The number of esters is 1. The molecule has 7 heteroatoms. The molecule has 116 valence electrons. The van der Waals surface area contributed by atoms with Gasteiger partial charge >= 0.3 is 5.97 Å². The van der Waals surface area contributed by atoms with Gasteiger partial charge in [0.2, 0.25) is 5.43 Å². The van der Waals surface area contributed by atoms with Crippen molar-refractivity contribution in [3.63, 3.8) is 0 Å². The number of hydrogen-bond acceptors (Lipinski definition) is 3. The number of rotatable bonds is 3. The summed E-state index contributed by atoms with van der Waals surface area (Å²) in [6, 6.07) is 1.59. The number of halogens is 3. The zero-order valence-corrected chi connectivity index (χ0v) is 12.4. The Kier molecular flexibility index (Phi) is 3.64. The van der Waals surface area contributed by atoms with Crippen molar-refractivity contribution in [1.29, 1.82) is 0 Å². The Morgan fingerprint density at radius 1 is 1.41 bits per heavy atom. The number of pyridine rings is 1. The van der Waals surface area contributed by atoms with Crippen LogP contribution >= 0.6 is 11.6 Å². The van der Waals surface area contributed by atoms with Crippen LogP contribution in [0.25, 0.3) is 10.9 Å². The zero-order valence-electron chi connectivity index (χ0n) is 11.6. The van der Waals surface area contributed by atoms with Gasteiger partial charge in [0, 0.05) is 17.6 Å². The smallest absolute Gasteiger partial charge is 0.343 e. The standard InChI is InChI=1S/C15H12ClF2NO3/c1-2-22-15(21)8-6-19(13-4-9(13)16)12-5-11(18)10(17)3-7(12)14(8)20/h3,5-6,9,13H,2,4H2,1H3. The molecule has 1 aromatic carbocycles. The van der Waals surface area contributed by atoms with E-state index in [1.54, 1.807) is 11.5 Å². The lowest BCUT2D eigenvalue weighted by molar-refractivity contribution is 0.0524. The van der Waals surface area contributed by atoms with Gasteiger partial charge in [-0.15, -0.1) is 11.6 Å². The van der Waals surface area contributed by atoms with Crippen LogP contribution in [0.5, 0.6) is 0 Å². The molecule has 2 atom stereocenters. The molecule has 0 aliphatic heterocycles. The maximum Gasteiger partial charge on any atom is 0.343 e. The molecule has 0 radical (unpaired) electrons. The van der Waals surface area contributed by atoms with Crippen LogP contribution in [0.3, 0.4) is 0 Å². The molecule has 0 amide bonds. The average molecular weight is 328 g/mol. The van der Waals surface area contributed by atoms with Crippen molar-refractivity contribution in [1.82, 2.24) is 4.57 Å². The number of ether oxygens (including phenoxy) is 1. The molecule has 0 spiro atoms. The normalized spacial score (nSPS) is 20.2. The summed E-state index contributed by atoms with van der Waals surface area (Å²) in [6.07, 6.45) is 1.94. The second-order valence-electron chi connectivity index (χ2n) is 5.10. The summed E-state index contributed by atoms with van der Waals surface area (Å²) >= 11 is 6.01. The van der Waals surface area contributed by atoms with Crippen LogP contribution in [-0.2, 0) is 4.74 Å². The SMILES string of the molecule is CCOC(=O)c1cn(C2CC2Cl)c2cc(F)c(F)cc2c1=O. The number of aromatic nitrogens is 1. The van der Waals surface area contributed by atoms with Crippen molar-refractivity contribution in [3.05, 3.63) is 45.8 Å². The van der Waals surface area contributed by atoms with Crippen LogP contribution in [0.15, 0.2) is 23.1 Å². The molecule has 2 unspecified atom stereocenters. The van der Waals surface area contributed by atoms with Gasteiger partial charge in [0.15, 0.2) is 11.6 Å². The highest BCUT2D eigenvalue weighted by Gasteiger charge is 2.38. The molecule has 0 N–H and O–H groups in total. The number of carbonyl (C=O) groups is 1. The van der Waals surface area contributed by atoms with Crippen molar-refractivity contribution < 1.29 is 18.3 Å². The van der Waals surface area contributed by atoms with Crippen LogP contribution in [0.1, 0.15) is 29.7 Å². The van der Waals surface area contributed by atoms with Crippen molar-refractivity contribution in [2.24, 2.45) is 0 Å². The second-order valence-corrected chi connectivity index (χ2v) is 5.66. The minimum absolute atomic E-state index is 0.0692. The molecule has 1 fully saturated rings. The zero-order chi connectivity index (χ0) is 16.0. The molecular formula is C15H12ClF2NO3. The molecule has 1 aromatic heterocycles. The first-order chi connectivity index (χ1) is 10.4. The summed E-state index contributed by atoms with van der Waals surface area (Å²) in [5.74, 6) is -2.99. The van der Waals surface area contributed by atoms with Crippen LogP contribution < -0.4 is 5.43 Å². The van der Waals surface area contributed by atoms with E-state index in [1.807, 2.05) is 0 Å². The van der Waals surface area contributed by atoms with Gasteiger partial charge in [-0.05, 0) is 19.4 Å². The Balaban J connectivity index is 2.31. The lowest BCUT2D eigenvalue weighted by Gasteiger charge is -2.13. The van der Waals surface area contributed by atoms with E-state index in [1.165, 1.54) is 6.20 Å². The van der Waals surface area contributed by atoms with Crippen molar-refractivity contribution in [2.45, 2.75) is 24.8 Å². The van der Waals surface area contributed by atoms with Crippen LogP contribution in [0.2, 0.25) is 0 Å². The summed E-state index contributed by atoms with van der Waals surface area (Å²) in [4.78, 5) is 24.3. The third kappa shape index (κ3) is 2.37. The van der Waals surface area contributed by atoms with Crippen molar-refractivity contribution >= 4 is 28.5 Å². The molecule has 1 heterocycles. The van der Waals surface area contributed by atoms with Crippen LogP contribution in [0, 0.1) is 11.6 Å². The fourth-order valence-corrected chi connectivity index (χ4v) is 2.72. The summed E-state index contributed by atoms with van der Waals surface area (Å²) in [7, 11) is 0. The topological polar surface area (TPSA) is 48.3 Å². The van der Waals surface area contributed by atoms with Gasteiger partial charge in [0.1, 0.15) is 5.56 Å². The second kappa shape index (κ2) is 5.35. The largest absolute Gasteiger partial charge is 0.462 e. The van der Waals surface area contributed by atoms with Crippen LogP contribution in [0.4, 0.5) is 8.78 Å². The number of nitrogens with zero attached hydrogens (tertiary/aromatic N) is 1. The van der Waals surface area contributed by atoms with Gasteiger partial charge in [-0.2, -0.15) is 0 Å². The Bertz CT molecular complexity index is 834. The Labute approximate surface area is 129 Å². The summed E-state index contributed by atoms with van der Waals surface area (Å²) in [6.45, 7) is 1.72. The maximum atomic E-state index is 13.5. The molecule has 1 aliphatic rings. The maximum absolute atomic E-state index is 13.5. The first-order valence-corrected chi connectivity index (χ1v) is 7.22. The van der Waals surface area contributed by atoms with Gasteiger partial charge in [-0.3, -0.25) is 4.79 Å². The number of hydrogen-bond donors (Lipinski definition) is 0. The quantitative estimate of drug-likeness (QED) is 0.643. The van der Waals surface area contributed by atoms with E-state index in [0.717, 1.165) is 12.1 Å². The number of carbonyl (C=O) groups excluding carboxylic acids is 1. The highest BCUT2D eigenvalue weighted by atomic mass is 35.5. The van der Waals surface area contributed by atoms with Crippen LogP contribution in [-0.4, -0.2) is 22.5 Å².